The summed E-state index contributed by atoms with van der Waals surface area (Å²) in [5.74, 6) is 0.352. The van der Waals surface area contributed by atoms with Gasteiger partial charge in [0.15, 0.2) is 0 Å². The number of aryl methyl sites for hydroxylation is 4. The second-order valence-electron chi connectivity index (χ2n) is 6.55. The molecule has 8 nitrogen and oxygen atoms in total. The van der Waals surface area contributed by atoms with Crippen LogP contribution >= 0.6 is 0 Å². The fourth-order valence-corrected chi connectivity index (χ4v) is 2.11. The first kappa shape index (κ1) is 31.0. The van der Waals surface area contributed by atoms with E-state index in [9.17, 15) is 0 Å². The van der Waals surface area contributed by atoms with Crippen LogP contribution in [0.15, 0.2) is 72.8 Å². The average molecular weight is 584 g/mol. The standard InChI is InChI=1S/4C6H7NO.Cr.Mo/c4*1-5-3-2-4-6(8)7-5;;/h4*2-4H,1H3,(H,7,8);;. The third-order valence-corrected chi connectivity index (χ3v) is 3.49. The van der Waals surface area contributed by atoms with Crippen LogP contribution in [0.2, 0.25) is 0 Å². The fraction of sp³-hybridized carbons (Fsp3) is 0.167. The first-order chi connectivity index (χ1) is 16.2. The van der Waals surface area contributed by atoms with Crippen LogP contribution in [0.3, 0.4) is 0 Å². The number of rotatable bonds is 0. The molecule has 0 unspecified atom stereocenters. The van der Waals surface area contributed by atoms with Crippen molar-refractivity contribution in [1.82, 2.24) is 19.9 Å². The molecule has 4 aromatic rings. The summed E-state index contributed by atoms with van der Waals surface area (Å²) in [4.78, 5) is 14.9. The normalized spacial score (nSPS) is 8.71. The summed E-state index contributed by atoms with van der Waals surface area (Å²) >= 11 is 4.46. The predicted octanol–water partition coefficient (Wildman–Crippen LogP) is 4.38. The van der Waals surface area contributed by atoms with Gasteiger partial charge in [-0.2, -0.15) is 0 Å². The second-order valence-corrected chi connectivity index (χ2v) is 6.55. The van der Waals surface area contributed by atoms with Crippen molar-refractivity contribution in [2.24, 2.45) is 0 Å². The van der Waals surface area contributed by atoms with Crippen molar-refractivity contribution < 1.29 is 50.6 Å². The molecule has 34 heavy (non-hydrogen) atoms. The molecule has 4 rings (SSSR count). The zero-order valence-electron chi connectivity index (χ0n) is 19.3. The quantitative estimate of drug-likeness (QED) is 0.224. The van der Waals surface area contributed by atoms with Gasteiger partial charge in [0.05, 0.1) is 0 Å². The zero-order valence-corrected chi connectivity index (χ0v) is 22.6. The SMILES string of the molecule is Cc1cccc(O)n1.Cc1cccc(O)n1.Cc1cccc(O)n1.Cc1cccc(O)n1.[Cr]=[Mo]. The van der Waals surface area contributed by atoms with Crippen LogP contribution < -0.4 is 0 Å². The van der Waals surface area contributed by atoms with Crippen LogP contribution in [0.1, 0.15) is 22.8 Å². The van der Waals surface area contributed by atoms with Crippen LogP contribution in [-0.2, 0) is 30.2 Å². The van der Waals surface area contributed by atoms with Gasteiger partial charge in [0.2, 0.25) is 23.5 Å². The molecule has 0 fully saturated rings. The molecule has 180 valence electrons. The van der Waals surface area contributed by atoms with Gasteiger partial charge in [0.25, 0.3) is 0 Å². The minimum absolute atomic E-state index is 0.0880. The maximum atomic E-state index is 8.70. The summed E-state index contributed by atoms with van der Waals surface area (Å²) in [6.45, 7) is 7.33. The zero-order chi connectivity index (χ0) is 25.9. The van der Waals surface area contributed by atoms with Crippen molar-refractivity contribution >= 4 is 0 Å². The van der Waals surface area contributed by atoms with E-state index in [1.54, 1.807) is 48.5 Å². The summed E-state index contributed by atoms with van der Waals surface area (Å²) in [6, 6.07) is 20.6. The predicted molar refractivity (Wildman–Crippen MR) is 123 cm³/mol. The summed E-state index contributed by atoms with van der Waals surface area (Å²) in [5, 5.41) is 34.8. The number of aromatic hydroxyl groups is 4. The van der Waals surface area contributed by atoms with Crippen LogP contribution in [0.5, 0.6) is 23.5 Å². The molecule has 0 aliphatic carbocycles. The minimum atomic E-state index is 0.0880. The molecule has 0 saturated heterocycles. The van der Waals surface area contributed by atoms with Crippen LogP contribution in [0, 0.1) is 27.7 Å². The van der Waals surface area contributed by atoms with E-state index in [0.29, 0.717) is 0 Å². The Morgan fingerprint density at radius 2 is 0.618 bits per heavy atom. The molecule has 0 aliphatic heterocycles. The van der Waals surface area contributed by atoms with E-state index in [1.165, 1.54) is 0 Å². The van der Waals surface area contributed by atoms with E-state index >= 15 is 0 Å². The van der Waals surface area contributed by atoms with E-state index in [-0.39, 0.29) is 23.5 Å². The Morgan fingerprint density at radius 1 is 0.441 bits per heavy atom. The van der Waals surface area contributed by atoms with Crippen molar-refractivity contribution in [3.63, 3.8) is 0 Å². The van der Waals surface area contributed by atoms with Gasteiger partial charge < -0.3 is 20.4 Å². The van der Waals surface area contributed by atoms with Crippen molar-refractivity contribution in [2.45, 2.75) is 27.7 Å². The summed E-state index contributed by atoms with van der Waals surface area (Å²) in [5.41, 5.74) is 3.35. The third kappa shape index (κ3) is 16.6. The Labute approximate surface area is 216 Å². The molecule has 0 spiro atoms. The van der Waals surface area contributed by atoms with Crippen LogP contribution in [0.25, 0.3) is 0 Å². The Hall–Kier alpha value is -2.98. The molecule has 0 bridgehead atoms. The molecule has 0 saturated carbocycles. The second kappa shape index (κ2) is 18.4. The van der Waals surface area contributed by atoms with E-state index < -0.39 is 0 Å². The number of nitrogens with zero attached hydrogens (tertiary/aromatic N) is 4. The van der Waals surface area contributed by atoms with Crippen LogP contribution in [0.4, 0.5) is 0 Å². The molecule has 4 heterocycles. The molecule has 0 amide bonds. The van der Waals surface area contributed by atoms with E-state index in [1.807, 2.05) is 69.1 Å². The topological polar surface area (TPSA) is 132 Å². The Kier molecular flexibility index (Phi) is 16.8. The summed E-state index contributed by atoms with van der Waals surface area (Å²) in [6.07, 6.45) is 0. The van der Waals surface area contributed by atoms with E-state index in [2.05, 4.69) is 33.0 Å². The third-order valence-electron chi connectivity index (χ3n) is 3.49. The molecular weight excluding hydrogens is 556 g/mol. The summed E-state index contributed by atoms with van der Waals surface area (Å²) in [7, 11) is 0. The van der Waals surface area contributed by atoms with Gasteiger partial charge in [-0.05, 0) is 52.0 Å². The van der Waals surface area contributed by atoms with Gasteiger partial charge >= 0.3 is 30.2 Å². The molecule has 10 heteroatoms. The Bertz CT molecular complexity index is 876. The molecule has 0 atom stereocenters. The van der Waals surface area contributed by atoms with Crippen molar-refractivity contribution in [3.05, 3.63) is 95.6 Å². The monoisotopic (exact) mass is 586 g/mol. The van der Waals surface area contributed by atoms with E-state index in [4.69, 9.17) is 20.4 Å². The van der Waals surface area contributed by atoms with Gasteiger partial charge in [0, 0.05) is 47.0 Å². The first-order valence-electron chi connectivity index (χ1n) is 9.83. The van der Waals surface area contributed by atoms with Gasteiger partial charge in [-0.15, -0.1) is 0 Å². The van der Waals surface area contributed by atoms with Crippen molar-refractivity contribution in [2.75, 3.05) is 0 Å². The first-order valence-corrected chi connectivity index (χ1v) is 13.7. The molecule has 0 aliphatic rings. The van der Waals surface area contributed by atoms with Crippen LogP contribution in [-0.4, -0.2) is 40.4 Å². The van der Waals surface area contributed by atoms with Gasteiger partial charge in [-0.1, -0.05) is 24.3 Å². The van der Waals surface area contributed by atoms with E-state index in [0.717, 1.165) is 22.8 Å². The number of hydrogen-bond acceptors (Lipinski definition) is 8. The number of aromatic nitrogens is 4. The summed E-state index contributed by atoms with van der Waals surface area (Å²) < 4.78 is 0. The van der Waals surface area contributed by atoms with Gasteiger partial charge in [0.1, 0.15) is 0 Å². The van der Waals surface area contributed by atoms with Crippen molar-refractivity contribution in [3.8, 4) is 23.5 Å². The Balaban J connectivity index is 0.000000416. The average Bonchev–Trinajstić information content (AvgIpc) is 2.76. The molecule has 0 aromatic carbocycles. The number of hydrogen-bond donors (Lipinski definition) is 4. The molecule has 0 radical (unpaired) electrons. The molecular formula is C24H28CrMoN4O4. The molecule has 4 N–H and O–H groups in total. The fourth-order valence-electron chi connectivity index (χ4n) is 2.11. The van der Waals surface area contributed by atoms with Gasteiger partial charge in [-0.25, -0.2) is 19.9 Å². The Morgan fingerprint density at radius 3 is 0.706 bits per heavy atom. The molecule has 4 aromatic heterocycles. The van der Waals surface area contributed by atoms with Crippen molar-refractivity contribution in [1.29, 1.82) is 0 Å². The maximum absolute atomic E-state index is 8.70. The number of pyridine rings is 4. The van der Waals surface area contributed by atoms with Gasteiger partial charge in [-0.3, -0.25) is 0 Å².